The van der Waals surface area contributed by atoms with Gasteiger partial charge in [0, 0.05) is 31.3 Å². The van der Waals surface area contributed by atoms with Crippen LogP contribution in [0.4, 0.5) is 11.4 Å². The number of nitrogens with zero attached hydrogens (tertiary/aromatic N) is 1. The molecule has 25 heavy (non-hydrogen) atoms. The predicted molar refractivity (Wildman–Crippen MR) is 103 cm³/mol. The summed E-state index contributed by atoms with van der Waals surface area (Å²) < 4.78 is 0. The Balaban J connectivity index is 2.01. The van der Waals surface area contributed by atoms with Crippen molar-refractivity contribution in [3.63, 3.8) is 0 Å². The molecule has 0 aliphatic heterocycles. The Kier molecular flexibility index (Phi) is 6.34. The van der Waals surface area contributed by atoms with E-state index in [1.165, 1.54) is 12.5 Å². The minimum Gasteiger partial charge on any atom is -0.326 e. The van der Waals surface area contributed by atoms with E-state index in [-0.39, 0.29) is 18.2 Å². The molecule has 0 radical (unpaired) electrons. The predicted octanol–water partition coefficient (Wildman–Crippen LogP) is 4.25. The van der Waals surface area contributed by atoms with Crippen LogP contribution in [0.5, 0.6) is 0 Å². The van der Waals surface area contributed by atoms with Crippen molar-refractivity contribution in [2.75, 3.05) is 16.8 Å². The Morgan fingerprint density at radius 3 is 2.32 bits per heavy atom. The molecule has 132 valence electrons. The van der Waals surface area contributed by atoms with Gasteiger partial charge in [-0.15, -0.1) is 0 Å². The van der Waals surface area contributed by atoms with Gasteiger partial charge in [-0.2, -0.15) is 0 Å². The largest absolute Gasteiger partial charge is 0.326 e. The van der Waals surface area contributed by atoms with E-state index in [1.54, 1.807) is 4.90 Å². The van der Waals surface area contributed by atoms with E-state index in [4.69, 9.17) is 0 Å². The molecule has 0 atom stereocenters. The molecule has 0 spiro atoms. The lowest BCUT2D eigenvalue weighted by atomic mass is 10.1. The molecule has 0 saturated heterocycles. The SMILES string of the molecule is CCc1ccc(N(CCC(=O)Nc2cc(C)ccc2C)C(C)=O)cc1. The molecule has 0 heterocycles. The molecule has 0 fully saturated rings. The second-order valence-corrected chi connectivity index (χ2v) is 6.31. The standard InChI is InChI=1S/C21H26N2O2/c1-5-18-8-10-19(11-9-18)23(17(4)24)13-12-21(25)22-20-14-15(2)6-7-16(20)3/h6-11,14H,5,12-13H2,1-4H3,(H,22,25). The summed E-state index contributed by atoms with van der Waals surface area (Å²) >= 11 is 0. The molecule has 0 aliphatic rings. The van der Waals surface area contributed by atoms with Crippen LogP contribution in [0.25, 0.3) is 0 Å². The van der Waals surface area contributed by atoms with E-state index in [2.05, 4.69) is 12.2 Å². The van der Waals surface area contributed by atoms with Gasteiger partial charge in [0.15, 0.2) is 0 Å². The van der Waals surface area contributed by atoms with Crippen molar-refractivity contribution in [3.05, 3.63) is 59.2 Å². The maximum atomic E-state index is 12.3. The highest BCUT2D eigenvalue weighted by atomic mass is 16.2. The van der Waals surface area contributed by atoms with Crippen molar-refractivity contribution < 1.29 is 9.59 Å². The van der Waals surface area contributed by atoms with Crippen LogP contribution in [0, 0.1) is 13.8 Å². The number of aryl methyl sites for hydroxylation is 3. The quantitative estimate of drug-likeness (QED) is 0.856. The molecule has 2 amide bonds. The lowest BCUT2D eigenvalue weighted by molar-refractivity contribution is -0.117. The summed E-state index contributed by atoms with van der Waals surface area (Å²) in [5.74, 6) is -0.158. The summed E-state index contributed by atoms with van der Waals surface area (Å²) in [7, 11) is 0. The number of rotatable bonds is 6. The summed E-state index contributed by atoms with van der Waals surface area (Å²) in [5.41, 5.74) is 5.00. The summed E-state index contributed by atoms with van der Waals surface area (Å²) in [6, 6.07) is 13.9. The van der Waals surface area contributed by atoms with E-state index < -0.39 is 0 Å². The molecule has 0 aromatic heterocycles. The molecule has 4 heteroatoms. The van der Waals surface area contributed by atoms with E-state index in [0.29, 0.717) is 6.54 Å². The second kappa shape index (κ2) is 8.47. The third kappa shape index (κ3) is 5.18. The zero-order valence-corrected chi connectivity index (χ0v) is 15.4. The second-order valence-electron chi connectivity index (χ2n) is 6.31. The van der Waals surface area contributed by atoms with Crippen LogP contribution in [0.15, 0.2) is 42.5 Å². The fraction of sp³-hybridized carbons (Fsp3) is 0.333. The molecular weight excluding hydrogens is 312 g/mol. The molecule has 2 aromatic rings. The zero-order chi connectivity index (χ0) is 18.4. The highest BCUT2D eigenvalue weighted by Gasteiger charge is 2.14. The highest BCUT2D eigenvalue weighted by molar-refractivity contribution is 5.95. The average molecular weight is 338 g/mol. The molecule has 0 bridgehead atoms. The Morgan fingerprint density at radius 2 is 1.72 bits per heavy atom. The van der Waals surface area contributed by atoms with Gasteiger partial charge in [-0.1, -0.05) is 31.2 Å². The third-order valence-electron chi connectivity index (χ3n) is 4.27. The Morgan fingerprint density at radius 1 is 1.04 bits per heavy atom. The normalized spacial score (nSPS) is 10.4. The van der Waals surface area contributed by atoms with Crippen molar-refractivity contribution in [3.8, 4) is 0 Å². The van der Waals surface area contributed by atoms with Gasteiger partial charge in [-0.05, 0) is 55.2 Å². The number of anilines is 2. The fourth-order valence-corrected chi connectivity index (χ4v) is 2.68. The summed E-state index contributed by atoms with van der Waals surface area (Å²) in [6.45, 7) is 7.93. The lowest BCUT2D eigenvalue weighted by Crippen LogP contribution is -2.32. The Bertz CT molecular complexity index is 751. The number of nitrogens with one attached hydrogen (secondary N) is 1. The van der Waals surface area contributed by atoms with Crippen LogP contribution in [0.3, 0.4) is 0 Å². The molecule has 2 rings (SSSR count). The number of carbonyl (C=O) groups excluding carboxylic acids is 2. The first-order chi connectivity index (χ1) is 11.9. The number of hydrogen-bond acceptors (Lipinski definition) is 2. The van der Waals surface area contributed by atoms with Gasteiger partial charge in [0.1, 0.15) is 0 Å². The molecule has 2 aromatic carbocycles. The van der Waals surface area contributed by atoms with Crippen LogP contribution in [-0.4, -0.2) is 18.4 Å². The molecule has 0 unspecified atom stereocenters. The van der Waals surface area contributed by atoms with Gasteiger partial charge >= 0.3 is 0 Å². The number of benzene rings is 2. The summed E-state index contributed by atoms with van der Waals surface area (Å²) in [4.78, 5) is 25.9. The average Bonchev–Trinajstić information content (AvgIpc) is 2.58. The van der Waals surface area contributed by atoms with Gasteiger partial charge < -0.3 is 10.2 Å². The van der Waals surface area contributed by atoms with Crippen LogP contribution in [-0.2, 0) is 16.0 Å². The van der Waals surface area contributed by atoms with Gasteiger partial charge in [0.25, 0.3) is 0 Å². The van der Waals surface area contributed by atoms with Crippen LogP contribution < -0.4 is 10.2 Å². The third-order valence-corrected chi connectivity index (χ3v) is 4.27. The molecular formula is C21H26N2O2. The zero-order valence-electron chi connectivity index (χ0n) is 15.4. The Hall–Kier alpha value is -2.62. The Labute approximate surface area is 149 Å². The first-order valence-electron chi connectivity index (χ1n) is 8.65. The molecule has 0 saturated carbocycles. The monoisotopic (exact) mass is 338 g/mol. The lowest BCUT2D eigenvalue weighted by Gasteiger charge is -2.21. The highest BCUT2D eigenvalue weighted by Crippen LogP contribution is 2.18. The number of amides is 2. The van der Waals surface area contributed by atoms with E-state index >= 15 is 0 Å². The van der Waals surface area contributed by atoms with E-state index in [0.717, 1.165) is 28.9 Å². The van der Waals surface area contributed by atoms with Crippen molar-refractivity contribution >= 4 is 23.2 Å². The summed E-state index contributed by atoms with van der Waals surface area (Å²) in [6.07, 6.45) is 1.21. The van der Waals surface area contributed by atoms with E-state index in [1.807, 2.05) is 56.3 Å². The minimum atomic E-state index is -0.0925. The number of carbonyl (C=O) groups is 2. The maximum absolute atomic E-state index is 12.3. The van der Waals surface area contributed by atoms with Gasteiger partial charge in [0.05, 0.1) is 0 Å². The van der Waals surface area contributed by atoms with Crippen LogP contribution in [0.1, 0.15) is 37.0 Å². The van der Waals surface area contributed by atoms with Gasteiger partial charge in [0.2, 0.25) is 11.8 Å². The van der Waals surface area contributed by atoms with Gasteiger partial charge in [-0.3, -0.25) is 9.59 Å². The molecule has 4 nitrogen and oxygen atoms in total. The summed E-state index contributed by atoms with van der Waals surface area (Å²) in [5, 5.41) is 2.94. The minimum absolute atomic E-state index is 0.0659. The van der Waals surface area contributed by atoms with Crippen LogP contribution in [0.2, 0.25) is 0 Å². The van der Waals surface area contributed by atoms with Crippen molar-refractivity contribution in [1.82, 2.24) is 0 Å². The number of hydrogen-bond donors (Lipinski definition) is 1. The first-order valence-corrected chi connectivity index (χ1v) is 8.65. The van der Waals surface area contributed by atoms with E-state index in [9.17, 15) is 9.59 Å². The smallest absolute Gasteiger partial charge is 0.226 e. The van der Waals surface area contributed by atoms with Crippen molar-refractivity contribution in [1.29, 1.82) is 0 Å². The maximum Gasteiger partial charge on any atom is 0.226 e. The van der Waals surface area contributed by atoms with Crippen LogP contribution >= 0.6 is 0 Å². The molecule has 0 aliphatic carbocycles. The van der Waals surface area contributed by atoms with Gasteiger partial charge in [-0.25, -0.2) is 0 Å². The topological polar surface area (TPSA) is 49.4 Å². The van der Waals surface area contributed by atoms with Crippen molar-refractivity contribution in [2.24, 2.45) is 0 Å². The van der Waals surface area contributed by atoms with Crippen molar-refractivity contribution in [2.45, 2.75) is 40.5 Å². The fourth-order valence-electron chi connectivity index (χ4n) is 2.68. The first kappa shape index (κ1) is 18.7. The molecule has 1 N–H and O–H groups in total.